The standard InChI is InChI=1S/C17H19F3N4O/c1-12-21-14(10-16(25)22-12)11-23-5-7-24(8-6-23)15-4-2-3-13(9-15)17(18,19)20/h2-4,9-10H,5-8,11H2,1H3,(H,21,22,25). The number of aryl methyl sites for hydroxylation is 1. The summed E-state index contributed by atoms with van der Waals surface area (Å²) >= 11 is 0. The van der Waals surface area contributed by atoms with E-state index < -0.39 is 11.7 Å². The fraction of sp³-hybridized carbons (Fsp3) is 0.412. The number of anilines is 1. The van der Waals surface area contributed by atoms with Gasteiger partial charge in [0.2, 0.25) is 0 Å². The maximum Gasteiger partial charge on any atom is 0.416 e. The van der Waals surface area contributed by atoms with Crippen molar-refractivity contribution >= 4 is 5.69 Å². The van der Waals surface area contributed by atoms with Crippen LogP contribution in [0.4, 0.5) is 18.9 Å². The summed E-state index contributed by atoms with van der Waals surface area (Å²) in [5.41, 5.74) is 0.481. The number of hydrogen-bond donors (Lipinski definition) is 1. The summed E-state index contributed by atoms with van der Waals surface area (Å²) in [4.78, 5) is 22.5. The molecule has 1 aromatic carbocycles. The van der Waals surface area contributed by atoms with E-state index in [2.05, 4.69) is 14.9 Å². The van der Waals surface area contributed by atoms with Crippen LogP contribution in [0, 0.1) is 6.92 Å². The van der Waals surface area contributed by atoms with Crippen LogP contribution in [0.1, 0.15) is 17.1 Å². The maximum absolute atomic E-state index is 12.8. The Morgan fingerprint density at radius 3 is 2.52 bits per heavy atom. The Bertz CT molecular complexity index is 795. The number of H-pyrrole nitrogens is 1. The van der Waals surface area contributed by atoms with E-state index in [1.165, 1.54) is 18.2 Å². The zero-order valence-electron chi connectivity index (χ0n) is 13.8. The minimum absolute atomic E-state index is 0.176. The molecule has 1 fully saturated rings. The molecule has 2 aromatic rings. The molecule has 0 bridgehead atoms. The van der Waals surface area contributed by atoms with Gasteiger partial charge in [-0.1, -0.05) is 6.07 Å². The monoisotopic (exact) mass is 352 g/mol. The van der Waals surface area contributed by atoms with Crippen LogP contribution >= 0.6 is 0 Å². The molecule has 8 heteroatoms. The number of piperazine rings is 1. The highest BCUT2D eigenvalue weighted by atomic mass is 19.4. The molecule has 1 N–H and O–H groups in total. The molecule has 1 aromatic heterocycles. The van der Waals surface area contributed by atoms with Gasteiger partial charge in [0.05, 0.1) is 11.3 Å². The van der Waals surface area contributed by atoms with Gasteiger partial charge < -0.3 is 9.88 Å². The van der Waals surface area contributed by atoms with Crippen LogP contribution in [0.15, 0.2) is 35.1 Å². The van der Waals surface area contributed by atoms with Gasteiger partial charge in [-0.3, -0.25) is 9.69 Å². The summed E-state index contributed by atoms with van der Waals surface area (Å²) in [5, 5.41) is 0. The molecular weight excluding hydrogens is 333 g/mol. The lowest BCUT2D eigenvalue weighted by molar-refractivity contribution is -0.137. The number of halogens is 3. The van der Waals surface area contributed by atoms with E-state index in [4.69, 9.17) is 0 Å². The van der Waals surface area contributed by atoms with E-state index in [0.29, 0.717) is 49.9 Å². The van der Waals surface area contributed by atoms with Crippen molar-refractivity contribution in [3.05, 3.63) is 57.8 Å². The van der Waals surface area contributed by atoms with Crippen molar-refractivity contribution in [2.75, 3.05) is 31.1 Å². The van der Waals surface area contributed by atoms with Crippen molar-refractivity contribution in [2.24, 2.45) is 0 Å². The lowest BCUT2D eigenvalue weighted by Crippen LogP contribution is -2.46. The van der Waals surface area contributed by atoms with Gasteiger partial charge in [0.1, 0.15) is 5.82 Å². The second-order valence-corrected chi connectivity index (χ2v) is 6.13. The van der Waals surface area contributed by atoms with Gasteiger partial charge >= 0.3 is 6.18 Å². The fourth-order valence-corrected chi connectivity index (χ4v) is 2.99. The smallest absolute Gasteiger partial charge is 0.369 e. The molecule has 3 rings (SSSR count). The van der Waals surface area contributed by atoms with Crippen molar-refractivity contribution in [2.45, 2.75) is 19.6 Å². The molecular formula is C17H19F3N4O. The Hall–Kier alpha value is -2.35. The molecule has 2 heterocycles. The highest BCUT2D eigenvalue weighted by molar-refractivity contribution is 5.49. The summed E-state index contributed by atoms with van der Waals surface area (Å²) in [7, 11) is 0. The predicted molar refractivity (Wildman–Crippen MR) is 88.5 cm³/mol. The molecule has 1 aliphatic heterocycles. The lowest BCUT2D eigenvalue weighted by atomic mass is 10.1. The average molecular weight is 352 g/mol. The number of hydrogen-bond acceptors (Lipinski definition) is 4. The van der Waals surface area contributed by atoms with Crippen LogP contribution < -0.4 is 10.5 Å². The van der Waals surface area contributed by atoms with Gasteiger partial charge in [0, 0.05) is 44.5 Å². The number of aromatic amines is 1. The van der Waals surface area contributed by atoms with E-state index in [1.54, 1.807) is 13.0 Å². The van der Waals surface area contributed by atoms with Gasteiger partial charge in [0.15, 0.2) is 0 Å². The molecule has 25 heavy (non-hydrogen) atoms. The number of rotatable bonds is 3. The molecule has 1 saturated heterocycles. The number of nitrogens with one attached hydrogen (secondary N) is 1. The zero-order valence-corrected chi connectivity index (χ0v) is 13.8. The van der Waals surface area contributed by atoms with E-state index in [1.807, 2.05) is 4.90 Å². The summed E-state index contributed by atoms with van der Waals surface area (Å²) in [6, 6.07) is 6.89. The molecule has 134 valence electrons. The van der Waals surface area contributed by atoms with E-state index >= 15 is 0 Å². The van der Waals surface area contributed by atoms with Crippen LogP contribution in [-0.4, -0.2) is 41.0 Å². The van der Waals surface area contributed by atoms with Gasteiger partial charge in [0.25, 0.3) is 5.56 Å². The topological polar surface area (TPSA) is 52.2 Å². The van der Waals surface area contributed by atoms with Crippen LogP contribution in [0.5, 0.6) is 0 Å². The van der Waals surface area contributed by atoms with E-state index in [-0.39, 0.29) is 5.56 Å². The second kappa shape index (κ2) is 6.87. The van der Waals surface area contributed by atoms with Crippen LogP contribution in [0.3, 0.4) is 0 Å². The third kappa shape index (κ3) is 4.39. The van der Waals surface area contributed by atoms with Crippen molar-refractivity contribution in [3.63, 3.8) is 0 Å². The Kier molecular flexibility index (Phi) is 4.80. The maximum atomic E-state index is 12.8. The second-order valence-electron chi connectivity index (χ2n) is 6.13. The van der Waals surface area contributed by atoms with Crippen molar-refractivity contribution in [3.8, 4) is 0 Å². The van der Waals surface area contributed by atoms with Gasteiger partial charge in [-0.2, -0.15) is 13.2 Å². The lowest BCUT2D eigenvalue weighted by Gasteiger charge is -2.36. The van der Waals surface area contributed by atoms with Crippen molar-refractivity contribution < 1.29 is 13.2 Å². The first kappa shape index (κ1) is 17.5. The molecule has 0 amide bonds. The third-order valence-electron chi connectivity index (χ3n) is 4.21. The largest absolute Gasteiger partial charge is 0.416 e. The predicted octanol–water partition coefficient (Wildman–Crippen LogP) is 2.42. The Balaban J connectivity index is 1.63. The fourth-order valence-electron chi connectivity index (χ4n) is 2.99. The Morgan fingerprint density at radius 1 is 1.16 bits per heavy atom. The van der Waals surface area contributed by atoms with E-state index in [0.717, 1.165) is 6.07 Å². The molecule has 0 unspecified atom stereocenters. The summed E-state index contributed by atoms with van der Waals surface area (Å²) < 4.78 is 38.5. The summed E-state index contributed by atoms with van der Waals surface area (Å²) in [5.74, 6) is 0.574. The molecule has 0 saturated carbocycles. The first-order chi connectivity index (χ1) is 11.8. The number of aromatic nitrogens is 2. The molecule has 0 aliphatic carbocycles. The number of nitrogens with zero attached hydrogens (tertiary/aromatic N) is 3. The minimum Gasteiger partial charge on any atom is -0.369 e. The number of alkyl halides is 3. The minimum atomic E-state index is -4.33. The first-order valence-electron chi connectivity index (χ1n) is 8.03. The highest BCUT2D eigenvalue weighted by Gasteiger charge is 2.31. The highest BCUT2D eigenvalue weighted by Crippen LogP contribution is 2.31. The third-order valence-corrected chi connectivity index (χ3v) is 4.21. The molecule has 5 nitrogen and oxygen atoms in total. The van der Waals surface area contributed by atoms with Crippen LogP contribution in [0.25, 0.3) is 0 Å². The zero-order chi connectivity index (χ0) is 18.0. The van der Waals surface area contributed by atoms with Gasteiger partial charge in [-0.05, 0) is 25.1 Å². The molecule has 1 aliphatic rings. The first-order valence-corrected chi connectivity index (χ1v) is 8.03. The normalized spacial score (nSPS) is 16.2. The summed E-state index contributed by atoms with van der Waals surface area (Å²) in [6.07, 6.45) is -4.33. The van der Waals surface area contributed by atoms with Crippen molar-refractivity contribution in [1.82, 2.24) is 14.9 Å². The van der Waals surface area contributed by atoms with Crippen LogP contribution in [0.2, 0.25) is 0 Å². The average Bonchev–Trinajstić information content (AvgIpc) is 2.54. The Labute approximate surface area is 143 Å². The number of benzene rings is 1. The Morgan fingerprint density at radius 2 is 1.88 bits per heavy atom. The summed E-state index contributed by atoms with van der Waals surface area (Å²) in [6.45, 7) is 4.94. The van der Waals surface area contributed by atoms with E-state index in [9.17, 15) is 18.0 Å². The SMILES string of the molecule is Cc1nc(CN2CCN(c3cccc(C(F)(F)F)c3)CC2)cc(=O)[nH]1. The van der Waals surface area contributed by atoms with Gasteiger partial charge in [-0.15, -0.1) is 0 Å². The quantitative estimate of drug-likeness (QED) is 0.922. The van der Waals surface area contributed by atoms with Crippen molar-refractivity contribution in [1.29, 1.82) is 0 Å². The molecule has 0 atom stereocenters. The van der Waals surface area contributed by atoms with Gasteiger partial charge in [-0.25, -0.2) is 4.98 Å². The molecule has 0 radical (unpaired) electrons. The van der Waals surface area contributed by atoms with Crippen LogP contribution in [-0.2, 0) is 12.7 Å². The molecule has 0 spiro atoms.